The molecule has 1 aromatic rings. The second-order valence-corrected chi connectivity index (χ2v) is 7.68. The van der Waals surface area contributed by atoms with Crippen molar-refractivity contribution in [2.75, 3.05) is 38.5 Å². The van der Waals surface area contributed by atoms with E-state index < -0.39 is 0 Å². The van der Waals surface area contributed by atoms with Gasteiger partial charge in [0.1, 0.15) is 5.84 Å². The zero-order valence-electron chi connectivity index (χ0n) is 15.1. The number of hydrogen-bond acceptors (Lipinski definition) is 3. The summed E-state index contributed by atoms with van der Waals surface area (Å²) in [7, 11) is 1.92. The lowest BCUT2D eigenvalue weighted by molar-refractivity contribution is 0.335. The van der Waals surface area contributed by atoms with E-state index in [0.29, 0.717) is 0 Å². The number of anilines is 1. The molecule has 4 heteroatoms. The van der Waals surface area contributed by atoms with E-state index in [1.54, 1.807) is 0 Å². The number of nitrogens with zero attached hydrogens (tertiary/aromatic N) is 2. The molecule has 2 fully saturated rings. The van der Waals surface area contributed by atoms with Crippen molar-refractivity contribution in [3.05, 3.63) is 28.8 Å². The van der Waals surface area contributed by atoms with Crippen molar-refractivity contribution in [1.29, 1.82) is 0 Å². The van der Waals surface area contributed by atoms with E-state index in [4.69, 9.17) is 0 Å². The highest BCUT2D eigenvalue weighted by Crippen LogP contribution is 2.52. The van der Waals surface area contributed by atoms with Gasteiger partial charge in [-0.25, -0.2) is 0 Å². The van der Waals surface area contributed by atoms with Gasteiger partial charge in [0, 0.05) is 32.4 Å². The molecule has 0 amide bonds. The Labute approximate surface area is 145 Å². The van der Waals surface area contributed by atoms with Crippen LogP contribution in [0, 0.1) is 6.92 Å². The number of fused-ring (bicyclic) bond motifs is 2. The second kappa shape index (κ2) is 6.49. The summed E-state index contributed by atoms with van der Waals surface area (Å²) in [5, 5.41) is 7.23. The van der Waals surface area contributed by atoms with Crippen LogP contribution >= 0.6 is 0 Å². The molecular formula is C20H30N4. The van der Waals surface area contributed by atoms with Crippen LogP contribution in [0.3, 0.4) is 0 Å². The van der Waals surface area contributed by atoms with E-state index >= 15 is 0 Å². The SMILES string of the molecule is CN=C1Nc2cc(CNCCN3CCCC3)c(C)cc2C12CCC2. The summed E-state index contributed by atoms with van der Waals surface area (Å²) >= 11 is 0. The van der Waals surface area contributed by atoms with E-state index in [2.05, 4.69) is 39.6 Å². The summed E-state index contributed by atoms with van der Waals surface area (Å²) in [4.78, 5) is 7.10. The summed E-state index contributed by atoms with van der Waals surface area (Å²) in [6.07, 6.45) is 6.55. The predicted molar refractivity (Wildman–Crippen MR) is 101 cm³/mol. The van der Waals surface area contributed by atoms with Crippen molar-refractivity contribution < 1.29 is 0 Å². The molecule has 1 aliphatic carbocycles. The lowest BCUT2D eigenvalue weighted by Crippen LogP contribution is -2.41. The van der Waals surface area contributed by atoms with Gasteiger partial charge >= 0.3 is 0 Å². The maximum Gasteiger partial charge on any atom is 0.111 e. The van der Waals surface area contributed by atoms with Gasteiger partial charge in [-0.2, -0.15) is 0 Å². The van der Waals surface area contributed by atoms with Crippen molar-refractivity contribution in [3.63, 3.8) is 0 Å². The van der Waals surface area contributed by atoms with Crippen LogP contribution in [0.4, 0.5) is 5.69 Å². The van der Waals surface area contributed by atoms with Crippen LogP contribution in [0.2, 0.25) is 0 Å². The van der Waals surface area contributed by atoms with Gasteiger partial charge in [-0.3, -0.25) is 4.99 Å². The highest BCUT2D eigenvalue weighted by molar-refractivity contribution is 6.10. The summed E-state index contributed by atoms with van der Waals surface area (Å²) in [5.74, 6) is 1.18. The first-order chi connectivity index (χ1) is 11.7. The molecule has 1 saturated heterocycles. The van der Waals surface area contributed by atoms with Gasteiger partial charge in [0.25, 0.3) is 0 Å². The van der Waals surface area contributed by atoms with Crippen molar-refractivity contribution in [2.45, 2.75) is 51.0 Å². The van der Waals surface area contributed by atoms with Crippen LogP contribution < -0.4 is 10.6 Å². The molecule has 1 aromatic carbocycles. The molecule has 0 aromatic heterocycles. The molecule has 0 radical (unpaired) electrons. The molecule has 0 bridgehead atoms. The normalized spacial score (nSPS) is 23.5. The standard InChI is InChI=1S/C20H30N4/c1-15-12-17-18(23-19(21-2)20(17)6-5-7-20)13-16(15)14-22-8-11-24-9-3-4-10-24/h12-13,22H,3-11,14H2,1-2H3,(H,21,23). The molecule has 0 unspecified atom stereocenters. The van der Waals surface area contributed by atoms with Gasteiger partial charge in [0.05, 0.1) is 5.41 Å². The van der Waals surface area contributed by atoms with Crippen molar-refractivity contribution in [2.24, 2.45) is 4.99 Å². The van der Waals surface area contributed by atoms with Crippen molar-refractivity contribution in [3.8, 4) is 0 Å². The van der Waals surface area contributed by atoms with E-state index in [-0.39, 0.29) is 5.41 Å². The number of likely N-dealkylation sites (tertiary alicyclic amines) is 1. The Morgan fingerprint density at radius 3 is 2.67 bits per heavy atom. The summed E-state index contributed by atoms with van der Waals surface area (Å²) in [5.41, 5.74) is 5.79. The lowest BCUT2D eigenvalue weighted by atomic mass is 9.64. The first-order valence-electron chi connectivity index (χ1n) is 9.54. The fourth-order valence-corrected chi connectivity index (χ4v) is 4.59. The highest BCUT2D eigenvalue weighted by atomic mass is 15.1. The molecule has 2 N–H and O–H groups in total. The predicted octanol–water partition coefficient (Wildman–Crippen LogP) is 3.06. The molecule has 3 aliphatic rings. The highest BCUT2D eigenvalue weighted by Gasteiger charge is 2.49. The maximum atomic E-state index is 4.54. The number of benzene rings is 1. The summed E-state index contributed by atoms with van der Waals surface area (Å²) in [6.45, 7) is 8.04. The summed E-state index contributed by atoms with van der Waals surface area (Å²) < 4.78 is 0. The van der Waals surface area contributed by atoms with Gasteiger partial charge in [-0.15, -0.1) is 0 Å². The van der Waals surface area contributed by atoms with Gasteiger partial charge in [0.15, 0.2) is 0 Å². The third kappa shape index (κ3) is 2.66. The molecule has 1 saturated carbocycles. The first-order valence-corrected chi connectivity index (χ1v) is 9.54. The molecule has 4 rings (SSSR count). The van der Waals surface area contributed by atoms with Crippen molar-refractivity contribution in [1.82, 2.24) is 10.2 Å². The van der Waals surface area contributed by atoms with Crippen LogP contribution in [-0.4, -0.2) is 44.0 Å². The third-order valence-electron chi connectivity index (χ3n) is 6.25. The average molecular weight is 326 g/mol. The van der Waals surface area contributed by atoms with E-state index in [1.165, 1.54) is 80.0 Å². The fourth-order valence-electron chi connectivity index (χ4n) is 4.59. The Kier molecular flexibility index (Phi) is 4.35. The van der Waals surface area contributed by atoms with E-state index in [0.717, 1.165) is 13.1 Å². The fraction of sp³-hybridized carbons (Fsp3) is 0.650. The number of amidine groups is 1. The molecule has 1 spiro atoms. The van der Waals surface area contributed by atoms with Gasteiger partial charge < -0.3 is 15.5 Å². The average Bonchev–Trinajstić information content (AvgIpc) is 3.15. The second-order valence-electron chi connectivity index (χ2n) is 7.68. The van der Waals surface area contributed by atoms with Crippen LogP contribution in [0.5, 0.6) is 0 Å². The molecule has 4 nitrogen and oxygen atoms in total. The Bertz CT molecular complexity index is 639. The van der Waals surface area contributed by atoms with E-state index in [1.807, 2.05) is 7.05 Å². The number of aliphatic imine (C=N–C) groups is 1. The Hall–Kier alpha value is -1.39. The molecule has 2 heterocycles. The monoisotopic (exact) mass is 326 g/mol. The maximum absolute atomic E-state index is 4.54. The molecule has 130 valence electrons. The number of aryl methyl sites for hydroxylation is 1. The van der Waals surface area contributed by atoms with Crippen LogP contribution in [0.25, 0.3) is 0 Å². The Morgan fingerprint density at radius 1 is 1.21 bits per heavy atom. The van der Waals surface area contributed by atoms with Crippen molar-refractivity contribution >= 4 is 11.5 Å². The molecule has 24 heavy (non-hydrogen) atoms. The topological polar surface area (TPSA) is 39.7 Å². The minimum absolute atomic E-state index is 0.205. The van der Waals surface area contributed by atoms with Gasteiger partial charge in [-0.1, -0.05) is 12.5 Å². The van der Waals surface area contributed by atoms with Gasteiger partial charge in [0.2, 0.25) is 0 Å². The molecule has 2 aliphatic heterocycles. The number of hydrogen-bond donors (Lipinski definition) is 2. The van der Waals surface area contributed by atoms with Crippen LogP contribution in [0.15, 0.2) is 17.1 Å². The smallest absolute Gasteiger partial charge is 0.111 e. The zero-order chi connectivity index (χ0) is 16.6. The molecular weight excluding hydrogens is 296 g/mol. The van der Waals surface area contributed by atoms with Crippen LogP contribution in [-0.2, 0) is 12.0 Å². The quantitative estimate of drug-likeness (QED) is 0.817. The Morgan fingerprint density at radius 2 is 2.00 bits per heavy atom. The minimum Gasteiger partial charge on any atom is -0.343 e. The summed E-state index contributed by atoms with van der Waals surface area (Å²) in [6, 6.07) is 4.77. The zero-order valence-corrected chi connectivity index (χ0v) is 15.1. The van der Waals surface area contributed by atoms with E-state index in [9.17, 15) is 0 Å². The largest absolute Gasteiger partial charge is 0.343 e. The Balaban J connectivity index is 1.43. The lowest BCUT2D eigenvalue weighted by Gasteiger charge is -2.38. The van der Waals surface area contributed by atoms with Crippen LogP contribution in [0.1, 0.15) is 48.8 Å². The number of rotatable bonds is 5. The first kappa shape index (κ1) is 16.1. The molecule has 0 atom stereocenters. The minimum atomic E-state index is 0.205. The third-order valence-corrected chi connectivity index (χ3v) is 6.25. The van der Waals surface area contributed by atoms with Gasteiger partial charge in [-0.05, 0) is 68.5 Å². The number of nitrogens with one attached hydrogen (secondary N) is 2.